The van der Waals surface area contributed by atoms with Crippen LogP contribution in [-0.4, -0.2) is 11.1 Å². The van der Waals surface area contributed by atoms with E-state index in [1.807, 2.05) is 54.6 Å². The minimum atomic E-state index is -0.553. The van der Waals surface area contributed by atoms with Crippen molar-refractivity contribution < 1.29 is 10.0 Å². The van der Waals surface area contributed by atoms with Gasteiger partial charge in [-0.1, -0.05) is 67.1 Å². The highest BCUT2D eigenvalue weighted by atomic mass is 16.5. The second kappa shape index (κ2) is 8.50. The first-order chi connectivity index (χ1) is 12.3. The van der Waals surface area contributed by atoms with E-state index in [1.165, 1.54) is 25.7 Å². The molecule has 3 heteroatoms. The number of hydrogen-bond donors (Lipinski definition) is 2. The maximum absolute atomic E-state index is 12.2. The van der Waals surface area contributed by atoms with Gasteiger partial charge in [0, 0.05) is 12.0 Å². The van der Waals surface area contributed by atoms with Gasteiger partial charge in [-0.3, -0.25) is 10.0 Å². The van der Waals surface area contributed by atoms with Crippen LogP contribution >= 0.6 is 0 Å². The number of amides is 1. The van der Waals surface area contributed by atoms with Crippen LogP contribution in [0.15, 0.2) is 54.6 Å². The molecule has 0 heterocycles. The van der Waals surface area contributed by atoms with Crippen LogP contribution in [0, 0.1) is 17.8 Å². The molecule has 1 atom stereocenters. The average molecular weight is 333 g/mol. The van der Waals surface area contributed by atoms with Crippen LogP contribution in [0.1, 0.15) is 54.7 Å². The summed E-state index contributed by atoms with van der Waals surface area (Å²) < 4.78 is 0. The first-order valence-electron chi connectivity index (χ1n) is 8.85. The van der Waals surface area contributed by atoms with Crippen LogP contribution in [-0.2, 0) is 4.79 Å². The van der Waals surface area contributed by atoms with E-state index < -0.39 is 11.8 Å². The largest absolute Gasteiger partial charge is 0.289 e. The Morgan fingerprint density at radius 1 is 1.08 bits per heavy atom. The third-order valence-electron chi connectivity index (χ3n) is 4.82. The zero-order valence-electron chi connectivity index (χ0n) is 14.2. The first kappa shape index (κ1) is 17.3. The Balaban J connectivity index is 1.82. The fourth-order valence-electron chi connectivity index (χ4n) is 3.51. The lowest BCUT2D eigenvalue weighted by Gasteiger charge is -2.16. The number of hydrogen-bond acceptors (Lipinski definition) is 2. The van der Waals surface area contributed by atoms with Crippen LogP contribution in [0.25, 0.3) is 0 Å². The van der Waals surface area contributed by atoms with E-state index in [9.17, 15) is 4.79 Å². The molecule has 0 aromatic heterocycles. The Morgan fingerprint density at radius 2 is 1.80 bits per heavy atom. The molecule has 0 bridgehead atoms. The number of rotatable bonds is 4. The SMILES string of the molecule is O=C(NO)C(c1ccccc1)c1cccc(C#CCC2CCCC2)c1. The van der Waals surface area contributed by atoms with Gasteiger partial charge in [-0.15, -0.1) is 0 Å². The van der Waals surface area contributed by atoms with E-state index in [-0.39, 0.29) is 0 Å². The molecule has 3 rings (SSSR count). The molecular formula is C22H23NO2. The summed E-state index contributed by atoms with van der Waals surface area (Å²) in [7, 11) is 0. The lowest BCUT2D eigenvalue weighted by molar-refractivity contribution is -0.129. The molecule has 0 aliphatic heterocycles. The molecule has 1 amide bonds. The zero-order valence-corrected chi connectivity index (χ0v) is 14.2. The third kappa shape index (κ3) is 4.49. The van der Waals surface area contributed by atoms with Crippen LogP contribution in [0.4, 0.5) is 0 Å². The van der Waals surface area contributed by atoms with E-state index in [4.69, 9.17) is 5.21 Å². The number of hydroxylamine groups is 1. The second-order valence-corrected chi connectivity index (χ2v) is 6.60. The number of carbonyl (C=O) groups is 1. The Kier molecular flexibility index (Phi) is 5.87. The van der Waals surface area contributed by atoms with Gasteiger partial charge in [0.2, 0.25) is 0 Å². The monoisotopic (exact) mass is 333 g/mol. The van der Waals surface area contributed by atoms with Crippen LogP contribution < -0.4 is 5.48 Å². The highest BCUT2D eigenvalue weighted by molar-refractivity contribution is 5.86. The summed E-state index contributed by atoms with van der Waals surface area (Å²) in [4.78, 5) is 12.2. The fourth-order valence-corrected chi connectivity index (χ4v) is 3.51. The normalized spacial score (nSPS) is 15.2. The number of nitrogens with one attached hydrogen (secondary N) is 1. The lowest BCUT2D eigenvalue weighted by atomic mass is 9.90. The van der Waals surface area contributed by atoms with Crippen molar-refractivity contribution in [1.82, 2.24) is 5.48 Å². The summed E-state index contributed by atoms with van der Waals surface area (Å²) >= 11 is 0. The molecule has 1 aliphatic rings. The molecule has 0 saturated heterocycles. The molecule has 1 fully saturated rings. The van der Waals surface area contributed by atoms with Crippen molar-refractivity contribution in [1.29, 1.82) is 0 Å². The van der Waals surface area contributed by atoms with Crippen LogP contribution in [0.2, 0.25) is 0 Å². The molecule has 1 unspecified atom stereocenters. The molecule has 128 valence electrons. The molecule has 2 aromatic rings. The van der Waals surface area contributed by atoms with Crippen LogP contribution in [0.3, 0.4) is 0 Å². The zero-order chi connectivity index (χ0) is 17.5. The second-order valence-electron chi connectivity index (χ2n) is 6.60. The van der Waals surface area contributed by atoms with Gasteiger partial charge in [0.15, 0.2) is 0 Å². The number of benzene rings is 2. The van der Waals surface area contributed by atoms with Crippen LogP contribution in [0.5, 0.6) is 0 Å². The van der Waals surface area contributed by atoms with Gasteiger partial charge in [-0.25, -0.2) is 5.48 Å². The molecule has 25 heavy (non-hydrogen) atoms. The lowest BCUT2D eigenvalue weighted by Crippen LogP contribution is -2.27. The van der Waals surface area contributed by atoms with E-state index >= 15 is 0 Å². The quantitative estimate of drug-likeness (QED) is 0.499. The van der Waals surface area contributed by atoms with Gasteiger partial charge in [0.05, 0.1) is 5.92 Å². The van der Waals surface area contributed by atoms with Gasteiger partial charge < -0.3 is 0 Å². The molecule has 1 saturated carbocycles. The highest BCUT2D eigenvalue weighted by Gasteiger charge is 2.22. The summed E-state index contributed by atoms with van der Waals surface area (Å²) in [5.74, 6) is 6.27. The fraction of sp³-hybridized carbons (Fsp3) is 0.318. The topological polar surface area (TPSA) is 49.3 Å². The van der Waals surface area contributed by atoms with Crippen molar-refractivity contribution in [2.75, 3.05) is 0 Å². The number of carbonyl (C=O) groups excluding carboxylic acids is 1. The maximum atomic E-state index is 12.2. The van der Waals surface area contributed by atoms with Gasteiger partial charge in [-0.2, -0.15) is 0 Å². The van der Waals surface area contributed by atoms with Crippen molar-refractivity contribution in [3.8, 4) is 11.8 Å². The van der Waals surface area contributed by atoms with Gasteiger partial charge in [0.25, 0.3) is 5.91 Å². The molecule has 0 radical (unpaired) electrons. The molecule has 3 nitrogen and oxygen atoms in total. The highest BCUT2D eigenvalue weighted by Crippen LogP contribution is 2.27. The Labute approximate surface area is 149 Å². The molecule has 2 aromatic carbocycles. The standard InChI is InChI=1S/C22H23NO2/c24-22(23-25)21(19-13-2-1-3-14-19)20-15-7-12-18(16-20)11-6-10-17-8-4-5-9-17/h1-3,7,12-17,21,25H,4-5,8-10H2,(H,23,24). The summed E-state index contributed by atoms with van der Waals surface area (Å²) in [6.07, 6.45) is 6.19. The van der Waals surface area contributed by atoms with Crippen molar-refractivity contribution in [3.05, 3.63) is 71.3 Å². The molecule has 2 N–H and O–H groups in total. The summed E-state index contributed by atoms with van der Waals surface area (Å²) in [5.41, 5.74) is 4.35. The van der Waals surface area contributed by atoms with E-state index in [1.54, 1.807) is 5.48 Å². The maximum Gasteiger partial charge on any atom is 0.255 e. The van der Waals surface area contributed by atoms with Gasteiger partial charge in [-0.05, 0) is 42.0 Å². The molecule has 0 spiro atoms. The Bertz CT molecular complexity index is 767. The van der Waals surface area contributed by atoms with Gasteiger partial charge >= 0.3 is 0 Å². The van der Waals surface area contributed by atoms with E-state index in [0.29, 0.717) is 0 Å². The minimum Gasteiger partial charge on any atom is -0.289 e. The third-order valence-corrected chi connectivity index (χ3v) is 4.82. The van der Waals surface area contributed by atoms with E-state index in [2.05, 4.69) is 11.8 Å². The van der Waals surface area contributed by atoms with Crippen molar-refractivity contribution in [2.45, 2.75) is 38.0 Å². The summed E-state index contributed by atoms with van der Waals surface area (Å²) in [5, 5.41) is 9.13. The van der Waals surface area contributed by atoms with Crippen molar-refractivity contribution in [2.24, 2.45) is 5.92 Å². The van der Waals surface area contributed by atoms with E-state index in [0.717, 1.165) is 29.0 Å². The summed E-state index contributed by atoms with van der Waals surface area (Å²) in [6, 6.07) is 17.2. The first-order valence-corrected chi connectivity index (χ1v) is 8.85. The smallest absolute Gasteiger partial charge is 0.255 e. The predicted octanol–water partition coefficient (Wildman–Crippen LogP) is 4.26. The van der Waals surface area contributed by atoms with Crippen molar-refractivity contribution >= 4 is 5.91 Å². The molecular weight excluding hydrogens is 310 g/mol. The van der Waals surface area contributed by atoms with Gasteiger partial charge in [0.1, 0.15) is 0 Å². The van der Waals surface area contributed by atoms with Crippen molar-refractivity contribution in [3.63, 3.8) is 0 Å². The molecule has 1 aliphatic carbocycles. The predicted molar refractivity (Wildman–Crippen MR) is 98.1 cm³/mol. The summed E-state index contributed by atoms with van der Waals surface area (Å²) in [6.45, 7) is 0. The Morgan fingerprint density at radius 3 is 2.52 bits per heavy atom. The minimum absolute atomic E-state index is 0.442. The average Bonchev–Trinajstić information content (AvgIpc) is 3.16. The Hall–Kier alpha value is -2.57.